The van der Waals surface area contributed by atoms with Crippen molar-refractivity contribution in [3.63, 3.8) is 0 Å². The Kier molecular flexibility index (Phi) is 6.65. The molecular formula is C22H36N4O2. The first-order valence-electron chi connectivity index (χ1n) is 11.6. The number of unbranched alkanes of at least 4 members (excludes halogenated alkanes) is 1. The number of carbonyl (C=O) groups excluding carboxylic acids is 1. The maximum Gasteiger partial charge on any atom is 0.240 e. The molecule has 0 bridgehead atoms. The monoisotopic (exact) mass is 388 g/mol. The highest BCUT2D eigenvalue weighted by Crippen LogP contribution is 2.36. The molecule has 1 amide bonds. The zero-order valence-electron chi connectivity index (χ0n) is 17.4. The number of rotatable bonds is 7. The SMILES string of the molecule is CCCCc1noc(CN2CCC(C3CCCCCN3C(=O)C3CC3)CC2)n1. The molecule has 1 aliphatic carbocycles. The molecule has 1 aromatic rings. The second-order valence-corrected chi connectivity index (χ2v) is 9.04. The predicted octanol–water partition coefficient (Wildman–Crippen LogP) is 3.81. The summed E-state index contributed by atoms with van der Waals surface area (Å²) in [5.74, 6) is 3.06. The first-order chi connectivity index (χ1) is 13.7. The largest absolute Gasteiger partial charge is 0.339 e. The van der Waals surface area contributed by atoms with Gasteiger partial charge in [-0.15, -0.1) is 0 Å². The molecule has 28 heavy (non-hydrogen) atoms. The van der Waals surface area contributed by atoms with Crippen molar-refractivity contribution < 1.29 is 9.32 Å². The van der Waals surface area contributed by atoms with Gasteiger partial charge in [0, 0.05) is 24.9 Å². The molecule has 3 heterocycles. The summed E-state index contributed by atoms with van der Waals surface area (Å²) in [6.45, 7) is 6.07. The summed E-state index contributed by atoms with van der Waals surface area (Å²) < 4.78 is 5.45. The number of likely N-dealkylation sites (tertiary alicyclic amines) is 2. The van der Waals surface area contributed by atoms with E-state index in [9.17, 15) is 4.79 Å². The summed E-state index contributed by atoms with van der Waals surface area (Å²) in [7, 11) is 0. The van der Waals surface area contributed by atoms with E-state index in [2.05, 4.69) is 26.9 Å². The quantitative estimate of drug-likeness (QED) is 0.711. The summed E-state index contributed by atoms with van der Waals surface area (Å²) in [5, 5.41) is 4.11. The second-order valence-electron chi connectivity index (χ2n) is 9.04. The van der Waals surface area contributed by atoms with Crippen LogP contribution < -0.4 is 0 Å². The average molecular weight is 389 g/mol. The molecule has 1 saturated carbocycles. The maximum atomic E-state index is 12.8. The number of carbonyl (C=O) groups is 1. The molecule has 3 aliphatic rings. The third kappa shape index (κ3) is 4.94. The van der Waals surface area contributed by atoms with Gasteiger partial charge in [-0.05, 0) is 64.0 Å². The van der Waals surface area contributed by atoms with Crippen molar-refractivity contribution in [2.24, 2.45) is 11.8 Å². The van der Waals surface area contributed by atoms with Gasteiger partial charge in [0.25, 0.3) is 0 Å². The van der Waals surface area contributed by atoms with Crippen molar-refractivity contribution in [2.75, 3.05) is 19.6 Å². The van der Waals surface area contributed by atoms with Crippen molar-refractivity contribution in [3.8, 4) is 0 Å². The Bertz CT molecular complexity index is 634. The van der Waals surface area contributed by atoms with E-state index >= 15 is 0 Å². The fourth-order valence-corrected chi connectivity index (χ4v) is 4.94. The molecule has 0 N–H and O–H groups in total. The lowest BCUT2D eigenvalue weighted by Gasteiger charge is -2.40. The molecule has 2 aliphatic heterocycles. The van der Waals surface area contributed by atoms with Gasteiger partial charge in [-0.2, -0.15) is 4.98 Å². The Balaban J connectivity index is 1.29. The molecule has 2 saturated heterocycles. The minimum Gasteiger partial charge on any atom is -0.339 e. The van der Waals surface area contributed by atoms with Gasteiger partial charge >= 0.3 is 0 Å². The summed E-state index contributed by atoms with van der Waals surface area (Å²) >= 11 is 0. The van der Waals surface area contributed by atoms with Crippen LogP contribution in [0.2, 0.25) is 0 Å². The molecule has 1 aromatic heterocycles. The van der Waals surface area contributed by atoms with Crippen LogP contribution in [0.25, 0.3) is 0 Å². The molecule has 156 valence electrons. The first-order valence-corrected chi connectivity index (χ1v) is 11.6. The molecule has 0 radical (unpaired) electrons. The third-order valence-corrected chi connectivity index (χ3v) is 6.81. The van der Waals surface area contributed by atoms with Crippen molar-refractivity contribution in [3.05, 3.63) is 11.7 Å². The van der Waals surface area contributed by atoms with E-state index in [0.717, 1.165) is 70.0 Å². The highest BCUT2D eigenvalue weighted by molar-refractivity contribution is 5.81. The second kappa shape index (κ2) is 9.38. The van der Waals surface area contributed by atoms with Gasteiger partial charge in [0.1, 0.15) is 0 Å². The number of aromatic nitrogens is 2. The van der Waals surface area contributed by atoms with Crippen molar-refractivity contribution >= 4 is 5.91 Å². The van der Waals surface area contributed by atoms with Crippen LogP contribution in [0.1, 0.15) is 82.8 Å². The Hall–Kier alpha value is -1.43. The lowest BCUT2D eigenvalue weighted by molar-refractivity contribution is -0.136. The molecule has 0 spiro atoms. The molecule has 1 atom stereocenters. The molecule has 0 aromatic carbocycles. The van der Waals surface area contributed by atoms with Gasteiger partial charge in [0.05, 0.1) is 6.54 Å². The number of piperidine rings is 1. The van der Waals surface area contributed by atoms with Crippen LogP contribution in [0, 0.1) is 11.8 Å². The van der Waals surface area contributed by atoms with Gasteiger partial charge in [0.15, 0.2) is 5.82 Å². The molecule has 3 fully saturated rings. The van der Waals surface area contributed by atoms with Crippen LogP contribution in [0.4, 0.5) is 0 Å². The van der Waals surface area contributed by atoms with E-state index in [1.165, 1.54) is 38.5 Å². The van der Waals surface area contributed by atoms with Crippen molar-refractivity contribution in [1.29, 1.82) is 0 Å². The van der Waals surface area contributed by atoms with E-state index in [1.54, 1.807) is 0 Å². The Morgan fingerprint density at radius 3 is 2.64 bits per heavy atom. The van der Waals surface area contributed by atoms with Gasteiger partial charge in [-0.25, -0.2) is 0 Å². The Morgan fingerprint density at radius 2 is 1.89 bits per heavy atom. The average Bonchev–Trinajstić information content (AvgIpc) is 3.51. The lowest BCUT2D eigenvalue weighted by atomic mass is 9.86. The van der Waals surface area contributed by atoms with Gasteiger partial charge in [0.2, 0.25) is 11.8 Å². The lowest BCUT2D eigenvalue weighted by Crippen LogP contribution is -2.48. The number of nitrogens with zero attached hydrogens (tertiary/aromatic N) is 4. The van der Waals surface area contributed by atoms with E-state index < -0.39 is 0 Å². The summed E-state index contributed by atoms with van der Waals surface area (Å²) in [4.78, 5) is 22.1. The highest BCUT2D eigenvalue weighted by atomic mass is 16.5. The number of amides is 1. The molecule has 6 nitrogen and oxygen atoms in total. The standard InChI is InChI=1S/C22H36N4O2/c1-2-3-8-20-23-21(28-24-20)16-25-14-11-17(12-15-25)19-7-5-4-6-13-26(19)22(27)18-9-10-18/h17-19H,2-16H2,1H3. The van der Waals surface area contributed by atoms with E-state index in [-0.39, 0.29) is 0 Å². The first kappa shape index (κ1) is 19.9. The Labute approximate surface area is 169 Å². The fraction of sp³-hybridized carbons (Fsp3) is 0.864. The van der Waals surface area contributed by atoms with Crippen LogP contribution in [-0.2, 0) is 17.8 Å². The molecule has 4 rings (SSSR count). The number of hydrogen-bond acceptors (Lipinski definition) is 5. The topological polar surface area (TPSA) is 62.5 Å². The van der Waals surface area contributed by atoms with Gasteiger partial charge in [-0.3, -0.25) is 9.69 Å². The van der Waals surface area contributed by atoms with Crippen LogP contribution in [0.3, 0.4) is 0 Å². The summed E-state index contributed by atoms with van der Waals surface area (Å²) in [5.41, 5.74) is 0. The maximum absolute atomic E-state index is 12.8. The number of hydrogen-bond donors (Lipinski definition) is 0. The van der Waals surface area contributed by atoms with Crippen molar-refractivity contribution in [2.45, 2.75) is 90.1 Å². The summed E-state index contributed by atoms with van der Waals surface area (Å²) in [6, 6.07) is 0.474. The zero-order chi connectivity index (χ0) is 19.3. The van der Waals surface area contributed by atoms with Crippen LogP contribution >= 0.6 is 0 Å². The van der Waals surface area contributed by atoms with E-state index in [0.29, 0.717) is 23.8 Å². The van der Waals surface area contributed by atoms with E-state index in [4.69, 9.17) is 4.52 Å². The number of aryl methyl sites for hydroxylation is 1. The van der Waals surface area contributed by atoms with Gasteiger partial charge < -0.3 is 9.42 Å². The van der Waals surface area contributed by atoms with Crippen molar-refractivity contribution in [1.82, 2.24) is 19.9 Å². The van der Waals surface area contributed by atoms with Crippen LogP contribution in [0.5, 0.6) is 0 Å². The van der Waals surface area contributed by atoms with E-state index in [1.807, 2.05) is 0 Å². The molecule has 1 unspecified atom stereocenters. The minimum absolute atomic E-state index is 0.347. The molecule has 6 heteroatoms. The summed E-state index contributed by atoms with van der Waals surface area (Å²) in [6.07, 6.45) is 12.7. The van der Waals surface area contributed by atoms with Crippen LogP contribution in [-0.4, -0.2) is 51.5 Å². The highest BCUT2D eigenvalue weighted by Gasteiger charge is 2.39. The third-order valence-electron chi connectivity index (χ3n) is 6.81. The smallest absolute Gasteiger partial charge is 0.240 e. The fourth-order valence-electron chi connectivity index (χ4n) is 4.94. The van der Waals surface area contributed by atoms with Gasteiger partial charge in [-0.1, -0.05) is 31.3 Å². The zero-order valence-corrected chi connectivity index (χ0v) is 17.4. The Morgan fingerprint density at radius 1 is 1.07 bits per heavy atom. The predicted molar refractivity (Wildman–Crippen MR) is 108 cm³/mol. The van der Waals surface area contributed by atoms with Crippen LogP contribution in [0.15, 0.2) is 4.52 Å². The normalized spacial score (nSPS) is 25.0. The minimum atomic E-state index is 0.347. The molecular weight excluding hydrogens is 352 g/mol.